The van der Waals surface area contributed by atoms with Gasteiger partial charge in [0.25, 0.3) is 0 Å². The highest BCUT2D eigenvalue weighted by Crippen LogP contribution is 2.22. The Kier molecular flexibility index (Phi) is 4.85. The summed E-state index contributed by atoms with van der Waals surface area (Å²) in [6.45, 7) is 5.53. The second-order valence-corrected chi connectivity index (χ2v) is 4.92. The van der Waals surface area contributed by atoms with E-state index < -0.39 is 0 Å². The van der Waals surface area contributed by atoms with Crippen molar-refractivity contribution in [3.05, 3.63) is 52.7 Å². The molecule has 2 N–H and O–H groups in total. The van der Waals surface area contributed by atoms with E-state index in [9.17, 15) is 5.26 Å². The summed E-state index contributed by atoms with van der Waals surface area (Å²) in [6.07, 6.45) is 0. The highest BCUT2D eigenvalue weighted by molar-refractivity contribution is 5.57. The number of aromatic nitrogens is 2. The zero-order valence-corrected chi connectivity index (χ0v) is 12.4. The Morgan fingerprint density at radius 2 is 1.90 bits per heavy atom. The van der Waals surface area contributed by atoms with Crippen molar-refractivity contribution in [2.24, 2.45) is 5.73 Å². The summed E-state index contributed by atoms with van der Waals surface area (Å²) < 4.78 is 0. The van der Waals surface area contributed by atoms with Gasteiger partial charge in [-0.2, -0.15) is 10.4 Å². The number of benzene rings is 1. The van der Waals surface area contributed by atoms with Gasteiger partial charge in [-0.3, -0.25) is 0 Å². The van der Waals surface area contributed by atoms with Crippen molar-refractivity contribution in [1.82, 2.24) is 10.2 Å². The van der Waals surface area contributed by atoms with Gasteiger partial charge in [0.2, 0.25) is 0 Å². The van der Waals surface area contributed by atoms with Crippen molar-refractivity contribution in [3.63, 3.8) is 0 Å². The second kappa shape index (κ2) is 6.82. The number of rotatable bonds is 5. The summed E-state index contributed by atoms with van der Waals surface area (Å²) in [7, 11) is 0. The van der Waals surface area contributed by atoms with Crippen LogP contribution >= 0.6 is 0 Å². The van der Waals surface area contributed by atoms with Crippen molar-refractivity contribution in [2.75, 3.05) is 18.0 Å². The van der Waals surface area contributed by atoms with Crippen LogP contribution in [-0.4, -0.2) is 23.3 Å². The van der Waals surface area contributed by atoms with Crippen LogP contribution in [0.5, 0.6) is 0 Å². The molecule has 0 saturated carbocycles. The predicted octanol–water partition coefficient (Wildman–Crippen LogP) is 1.93. The minimum absolute atomic E-state index is 0.492. The van der Waals surface area contributed by atoms with Crippen LogP contribution in [0.25, 0.3) is 0 Å². The highest BCUT2D eigenvalue weighted by Gasteiger charge is 2.17. The molecule has 108 valence electrons. The highest BCUT2D eigenvalue weighted by atomic mass is 15.3. The standard InChI is InChI=1S/C16H19N5/c1-12-13(2)19-20-16(15(12)10-18)21(9-8-17)11-14-6-4-3-5-7-14/h3-7H,8-9,11,17H2,1-2H3. The Bertz CT molecular complexity index is 646. The average molecular weight is 281 g/mol. The molecule has 21 heavy (non-hydrogen) atoms. The van der Waals surface area contributed by atoms with E-state index in [0.717, 1.165) is 16.8 Å². The molecule has 0 fully saturated rings. The van der Waals surface area contributed by atoms with Gasteiger partial charge in [-0.15, -0.1) is 5.10 Å². The lowest BCUT2D eigenvalue weighted by molar-refractivity contribution is 0.756. The Morgan fingerprint density at radius 3 is 2.52 bits per heavy atom. The molecular formula is C16H19N5. The minimum Gasteiger partial charge on any atom is -0.348 e. The fourth-order valence-corrected chi connectivity index (χ4v) is 2.17. The quantitative estimate of drug-likeness (QED) is 0.906. The topological polar surface area (TPSA) is 78.8 Å². The SMILES string of the molecule is Cc1nnc(N(CCN)Cc2ccccc2)c(C#N)c1C. The number of hydrogen-bond donors (Lipinski definition) is 1. The first-order valence-electron chi connectivity index (χ1n) is 6.90. The first-order chi connectivity index (χ1) is 10.2. The number of hydrogen-bond acceptors (Lipinski definition) is 5. The summed E-state index contributed by atoms with van der Waals surface area (Å²) in [6, 6.07) is 12.3. The molecule has 0 aliphatic rings. The Hall–Kier alpha value is -2.45. The maximum Gasteiger partial charge on any atom is 0.169 e. The van der Waals surface area contributed by atoms with Crippen LogP contribution in [-0.2, 0) is 6.54 Å². The maximum atomic E-state index is 9.43. The number of aryl methyl sites for hydroxylation is 1. The van der Waals surface area contributed by atoms with Gasteiger partial charge in [-0.25, -0.2) is 0 Å². The van der Waals surface area contributed by atoms with Crippen molar-refractivity contribution in [2.45, 2.75) is 20.4 Å². The van der Waals surface area contributed by atoms with E-state index in [4.69, 9.17) is 5.73 Å². The summed E-state index contributed by atoms with van der Waals surface area (Å²) in [5, 5.41) is 17.8. The molecule has 0 aliphatic heterocycles. The van der Waals surface area contributed by atoms with Gasteiger partial charge >= 0.3 is 0 Å². The van der Waals surface area contributed by atoms with Gasteiger partial charge < -0.3 is 10.6 Å². The molecule has 2 aromatic rings. The van der Waals surface area contributed by atoms with Crippen LogP contribution in [0.3, 0.4) is 0 Å². The van der Waals surface area contributed by atoms with Crippen molar-refractivity contribution in [1.29, 1.82) is 5.26 Å². The lowest BCUT2D eigenvalue weighted by Gasteiger charge is -2.24. The van der Waals surface area contributed by atoms with Crippen molar-refractivity contribution in [3.8, 4) is 6.07 Å². The molecule has 1 aromatic carbocycles. The van der Waals surface area contributed by atoms with E-state index in [1.165, 1.54) is 0 Å². The number of anilines is 1. The zero-order valence-electron chi connectivity index (χ0n) is 12.4. The molecule has 1 aromatic heterocycles. The first kappa shape index (κ1) is 14.9. The monoisotopic (exact) mass is 281 g/mol. The number of nitrogens with zero attached hydrogens (tertiary/aromatic N) is 4. The lowest BCUT2D eigenvalue weighted by Crippen LogP contribution is -2.31. The van der Waals surface area contributed by atoms with Crippen molar-refractivity contribution < 1.29 is 0 Å². The molecule has 0 aliphatic carbocycles. The van der Waals surface area contributed by atoms with E-state index >= 15 is 0 Å². The molecular weight excluding hydrogens is 262 g/mol. The van der Waals surface area contributed by atoms with Crippen LogP contribution in [0, 0.1) is 25.2 Å². The van der Waals surface area contributed by atoms with E-state index in [1.807, 2.05) is 49.1 Å². The van der Waals surface area contributed by atoms with Gasteiger partial charge in [0.05, 0.1) is 5.69 Å². The Balaban J connectivity index is 2.39. The van der Waals surface area contributed by atoms with E-state index in [2.05, 4.69) is 16.3 Å². The molecule has 2 rings (SSSR count). The molecule has 0 saturated heterocycles. The first-order valence-corrected chi connectivity index (χ1v) is 6.90. The summed E-state index contributed by atoms with van der Waals surface area (Å²) in [4.78, 5) is 2.01. The van der Waals surface area contributed by atoms with E-state index in [1.54, 1.807) is 0 Å². The summed E-state index contributed by atoms with van der Waals surface area (Å²) in [5.74, 6) is 0.606. The number of nitrogens with two attached hydrogens (primary N) is 1. The van der Waals surface area contributed by atoms with Gasteiger partial charge in [0.15, 0.2) is 5.82 Å². The van der Waals surface area contributed by atoms with Gasteiger partial charge in [-0.1, -0.05) is 30.3 Å². The molecule has 5 heteroatoms. The normalized spacial score (nSPS) is 10.2. The molecule has 0 radical (unpaired) electrons. The average Bonchev–Trinajstić information content (AvgIpc) is 2.50. The molecule has 0 spiro atoms. The van der Waals surface area contributed by atoms with Crippen LogP contribution < -0.4 is 10.6 Å². The van der Waals surface area contributed by atoms with Crippen LogP contribution in [0.15, 0.2) is 30.3 Å². The Labute approximate surface area is 125 Å². The van der Waals surface area contributed by atoms with Crippen LogP contribution in [0.2, 0.25) is 0 Å². The summed E-state index contributed by atoms with van der Waals surface area (Å²) in [5.41, 5.74) is 9.08. The fourth-order valence-electron chi connectivity index (χ4n) is 2.17. The molecule has 0 atom stereocenters. The molecule has 0 unspecified atom stereocenters. The Morgan fingerprint density at radius 1 is 1.19 bits per heavy atom. The maximum absolute atomic E-state index is 9.43. The van der Waals surface area contributed by atoms with E-state index in [-0.39, 0.29) is 0 Å². The molecule has 0 bridgehead atoms. The second-order valence-electron chi connectivity index (χ2n) is 4.92. The number of nitriles is 1. The van der Waals surface area contributed by atoms with Gasteiger partial charge in [0.1, 0.15) is 11.6 Å². The van der Waals surface area contributed by atoms with Gasteiger partial charge in [-0.05, 0) is 25.0 Å². The third kappa shape index (κ3) is 3.36. The molecule has 1 heterocycles. The molecule has 5 nitrogen and oxygen atoms in total. The predicted molar refractivity (Wildman–Crippen MR) is 82.8 cm³/mol. The van der Waals surface area contributed by atoms with Crippen LogP contribution in [0.4, 0.5) is 5.82 Å². The largest absolute Gasteiger partial charge is 0.348 e. The smallest absolute Gasteiger partial charge is 0.169 e. The molecule has 0 amide bonds. The van der Waals surface area contributed by atoms with E-state index in [0.29, 0.717) is 31.0 Å². The minimum atomic E-state index is 0.492. The third-order valence-corrected chi connectivity index (χ3v) is 3.46. The fraction of sp³-hybridized carbons (Fsp3) is 0.312. The van der Waals surface area contributed by atoms with Gasteiger partial charge in [0, 0.05) is 19.6 Å². The van der Waals surface area contributed by atoms with Crippen molar-refractivity contribution >= 4 is 5.82 Å². The zero-order chi connectivity index (χ0) is 15.2. The third-order valence-electron chi connectivity index (χ3n) is 3.46. The van der Waals surface area contributed by atoms with Crippen LogP contribution in [0.1, 0.15) is 22.4 Å². The summed E-state index contributed by atoms with van der Waals surface area (Å²) >= 11 is 0. The lowest BCUT2D eigenvalue weighted by atomic mass is 10.1.